The summed E-state index contributed by atoms with van der Waals surface area (Å²) in [6.07, 6.45) is 0. The molecule has 0 bridgehead atoms. The molecule has 0 saturated carbocycles. The minimum atomic E-state index is -3.56. The van der Waals surface area contributed by atoms with Gasteiger partial charge in [-0.1, -0.05) is 12.1 Å². The van der Waals surface area contributed by atoms with E-state index in [9.17, 15) is 19.3 Å². The van der Waals surface area contributed by atoms with E-state index in [0.29, 0.717) is 0 Å². The van der Waals surface area contributed by atoms with Crippen LogP contribution in [-0.2, 0) is 27.2 Å². The fourth-order valence-electron chi connectivity index (χ4n) is 2.84. The molecule has 2 aromatic rings. The summed E-state index contributed by atoms with van der Waals surface area (Å²) in [5.41, 5.74) is -0.741. The molecule has 2 fully saturated rings. The minimum absolute atomic E-state index is 0.0278. The van der Waals surface area contributed by atoms with Crippen molar-refractivity contribution in [1.29, 1.82) is 0 Å². The van der Waals surface area contributed by atoms with Crippen molar-refractivity contribution in [2.45, 2.75) is 0 Å². The first-order chi connectivity index (χ1) is 12.8. The maximum Gasteiger partial charge on any atom is 0.361 e. The van der Waals surface area contributed by atoms with Gasteiger partial charge in [0.2, 0.25) is 0 Å². The maximum atomic E-state index is 12.9. The minimum Gasteiger partial charge on any atom is -0.508 e. The first-order valence-corrected chi connectivity index (χ1v) is 11.3. The fraction of sp³-hybridized carbons (Fsp3) is 0.294. The van der Waals surface area contributed by atoms with Crippen molar-refractivity contribution in [1.82, 2.24) is 0 Å². The average molecular weight is 412 g/mol. The zero-order chi connectivity index (χ0) is 19.1. The largest absolute Gasteiger partial charge is 0.508 e. The summed E-state index contributed by atoms with van der Waals surface area (Å²) in [6, 6.07) is 11.8. The molecule has 4 rings (SSSR count). The van der Waals surface area contributed by atoms with Gasteiger partial charge in [0.25, 0.3) is 0 Å². The summed E-state index contributed by atoms with van der Waals surface area (Å²) >= 11 is 0. The van der Waals surface area contributed by atoms with Crippen LogP contribution in [0.3, 0.4) is 0 Å². The fourth-order valence-corrected chi connectivity index (χ4v) is 6.48. The molecule has 1 spiro atoms. The second-order valence-electron chi connectivity index (χ2n) is 6.63. The van der Waals surface area contributed by atoms with Crippen molar-refractivity contribution in [3.05, 3.63) is 48.5 Å². The van der Waals surface area contributed by atoms with Gasteiger partial charge in [-0.3, -0.25) is 9.13 Å². The number of hydrogen-bond acceptors (Lipinski definition) is 8. The van der Waals surface area contributed by atoms with Gasteiger partial charge in [-0.25, -0.2) is 0 Å². The first kappa shape index (κ1) is 18.7. The number of phenols is 2. The Hall–Kier alpha value is -1.66. The molecule has 0 radical (unpaired) electrons. The highest BCUT2D eigenvalue weighted by molar-refractivity contribution is 7.62. The molecule has 0 amide bonds. The van der Waals surface area contributed by atoms with Crippen LogP contribution in [0.4, 0.5) is 0 Å². The highest BCUT2D eigenvalue weighted by Crippen LogP contribution is 2.58. The van der Waals surface area contributed by atoms with E-state index in [4.69, 9.17) is 18.1 Å². The van der Waals surface area contributed by atoms with Gasteiger partial charge in [-0.05, 0) is 36.4 Å². The Labute approximate surface area is 155 Å². The molecule has 2 saturated heterocycles. The number of aromatic hydroxyl groups is 2. The van der Waals surface area contributed by atoms with Crippen LogP contribution in [0.25, 0.3) is 0 Å². The van der Waals surface area contributed by atoms with E-state index in [0.717, 1.165) is 0 Å². The molecule has 2 N–H and O–H groups in total. The van der Waals surface area contributed by atoms with Gasteiger partial charge in [0, 0.05) is 0 Å². The maximum absolute atomic E-state index is 12.9. The summed E-state index contributed by atoms with van der Waals surface area (Å²) in [7, 11) is -7.11. The van der Waals surface area contributed by atoms with E-state index in [1.54, 1.807) is 24.3 Å². The van der Waals surface area contributed by atoms with Gasteiger partial charge in [0.15, 0.2) is 0 Å². The molecule has 0 unspecified atom stereocenters. The molecule has 2 aliphatic heterocycles. The van der Waals surface area contributed by atoms with E-state index in [1.165, 1.54) is 24.3 Å². The molecular weight excluding hydrogens is 394 g/mol. The lowest BCUT2D eigenvalue weighted by atomic mass is 9.93. The van der Waals surface area contributed by atoms with Gasteiger partial charge in [-0.2, -0.15) is 0 Å². The van der Waals surface area contributed by atoms with Crippen LogP contribution in [0.15, 0.2) is 48.5 Å². The molecule has 8 nitrogen and oxygen atoms in total. The zero-order valence-electron chi connectivity index (χ0n) is 14.2. The van der Waals surface area contributed by atoms with E-state index < -0.39 is 20.6 Å². The van der Waals surface area contributed by atoms with Crippen LogP contribution in [0.1, 0.15) is 0 Å². The van der Waals surface area contributed by atoms with E-state index >= 15 is 0 Å². The first-order valence-electron chi connectivity index (χ1n) is 8.20. The Bertz CT molecular complexity index is 854. The molecule has 0 atom stereocenters. The van der Waals surface area contributed by atoms with Gasteiger partial charge in [0.05, 0.1) is 42.5 Å². The third-order valence-corrected chi connectivity index (χ3v) is 8.15. The molecule has 144 valence electrons. The Morgan fingerprint density at radius 3 is 1.41 bits per heavy atom. The lowest BCUT2D eigenvalue weighted by molar-refractivity contribution is -0.0646. The predicted octanol–water partition coefficient (Wildman–Crippen LogP) is 2.51. The molecule has 2 aromatic carbocycles. The number of benzene rings is 2. The van der Waals surface area contributed by atoms with Crippen LogP contribution in [-0.4, -0.2) is 36.6 Å². The van der Waals surface area contributed by atoms with Gasteiger partial charge in [-0.15, -0.1) is 0 Å². The zero-order valence-corrected chi connectivity index (χ0v) is 16.0. The lowest BCUT2D eigenvalue weighted by Gasteiger charge is -2.42. The molecule has 27 heavy (non-hydrogen) atoms. The topological polar surface area (TPSA) is 112 Å². The Balaban J connectivity index is 1.46. The molecule has 10 heteroatoms. The number of phenolic OH excluding ortho intramolecular Hbond substituents is 2. The smallest absolute Gasteiger partial charge is 0.361 e. The van der Waals surface area contributed by atoms with E-state index in [2.05, 4.69) is 0 Å². The second-order valence-corrected chi connectivity index (χ2v) is 10.7. The SMILES string of the molecule is O=P1(c2cccc(O)c2)OCC2(CO1)COP(=O)(c1cccc(O)c1)OC2. The highest BCUT2D eigenvalue weighted by Gasteiger charge is 2.49. The Morgan fingerprint density at radius 2 is 1.07 bits per heavy atom. The van der Waals surface area contributed by atoms with Crippen LogP contribution in [0, 0.1) is 5.41 Å². The van der Waals surface area contributed by atoms with Gasteiger partial charge in [0.1, 0.15) is 11.5 Å². The monoisotopic (exact) mass is 412 g/mol. The summed E-state index contributed by atoms with van der Waals surface area (Å²) in [4.78, 5) is 0. The van der Waals surface area contributed by atoms with Crippen molar-refractivity contribution in [3.8, 4) is 11.5 Å². The van der Waals surface area contributed by atoms with Crippen LogP contribution in [0.2, 0.25) is 0 Å². The molecule has 0 aliphatic carbocycles. The average Bonchev–Trinajstić information content (AvgIpc) is 2.67. The summed E-state index contributed by atoms with van der Waals surface area (Å²) in [5.74, 6) is -0.0711. The Kier molecular flexibility index (Phi) is 4.67. The second kappa shape index (κ2) is 6.74. The summed E-state index contributed by atoms with van der Waals surface area (Å²) in [5, 5.41) is 19.7. The van der Waals surface area contributed by atoms with Gasteiger partial charge < -0.3 is 28.3 Å². The van der Waals surface area contributed by atoms with Crippen LogP contribution in [0.5, 0.6) is 11.5 Å². The van der Waals surface area contributed by atoms with Crippen molar-refractivity contribution in [2.24, 2.45) is 5.41 Å². The van der Waals surface area contributed by atoms with Crippen molar-refractivity contribution in [2.75, 3.05) is 26.4 Å². The molecule has 2 aliphatic rings. The lowest BCUT2D eigenvalue weighted by Crippen LogP contribution is -2.47. The molecular formula is C17H18O8P2. The third-order valence-electron chi connectivity index (χ3n) is 4.45. The van der Waals surface area contributed by atoms with E-state index in [1.807, 2.05) is 0 Å². The molecule has 0 aromatic heterocycles. The Morgan fingerprint density at radius 1 is 0.704 bits per heavy atom. The van der Waals surface area contributed by atoms with E-state index in [-0.39, 0.29) is 48.5 Å². The van der Waals surface area contributed by atoms with Crippen LogP contribution < -0.4 is 10.6 Å². The normalized spacial score (nSPS) is 33.8. The van der Waals surface area contributed by atoms with Crippen LogP contribution >= 0.6 is 15.2 Å². The summed E-state index contributed by atoms with van der Waals surface area (Å²) in [6.45, 7) is 0.111. The molecule has 2 heterocycles. The quantitative estimate of drug-likeness (QED) is 0.724. The summed E-state index contributed by atoms with van der Waals surface area (Å²) < 4.78 is 47.9. The van der Waals surface area contributed by atoms with Crippen molar-refractivity contribution >= 4 is 25.8 Å². The highest BCUT2D eigenvalue weighted by atomic mass is 31.2. The van der Waals surface area contributed by atoms with Crippen molar-refractivity contribution in [3.63, 3.8) is 0 Å². The third kappa shape index (κ3) is 3.57. The van der Waals surface area contributed by atoms with Crippen molar-refractivity contribution < 1.29 is 37.4 Å². The predicted molar refractivity (Wildman–Crippen MR) is 96.9 cm³/mol. The standard InChI is InChI=1S/C17H18O8P2/c18-13-3-1-5-15(7-13)26(20)22-9-17(10-23-26)11-24-27(21,25-12-17)16-6-2-4-14(19)8-16/h1-8,18-19H,9-12H2. The number of rotatable bonds is 2. The number of hydrogen-bond donors (Lipinski definition) is 2. The van der Waals surface area contributed by atoms with Gasteiger partial charge >= 0.3 is 15.2 Å².